The van der Waals surface area contributed by atoms with Gasteiger partial charge in [-0.3, -0.25) is 9.79 Å². The van der Waals surface area contributed by atoms with E-state index in [0.29, 0.717) is 23.9 Å². The summed E-state index contributed by atoms with van der Waals surface area (Å²) in [4.78, 5) is 18.9. The first-order chi connectivity index (χ1) is 12.5. The molecule has 0 saturated carbocycles. The molecule has 0 spiro atoms. The van der Waals surface area contributed by atoms with Crippen LogP contribution in [0.5, 0.6) is 0 Å². The Morgan fingerprint density at radius 3 is 2.65 bits per heavy atom. The predicted molar refractivity (Wildman–Crippen MR) is 111 cm³/mol. The minimum Gasteiger partial charge on any atom is -0.356 e. The van der Waals surface area contributed by atoms with Gasteiger partial charge in [-0.05, 0) is 43.2 Å². The highest BCUT2D eigenvalue weighted by Crippen LogP contribution is 2.22. The van der Waals surface area contributed by atoms with E-state index in [2.05, 4.69) is 40.0 Å². The summed E-state index contributed by atoms with van der Waals surface area (Å²) in [5.74, 6) is 0.618. The van der Waals surface area contributed by atoms with Crippen LogP contribution in [0, 0.1) is 6.92 Å². The van der Waals surface area contributed by atoms with Gasteiger partial charge in [0.05, 0.1) is 6.54 Å². The van der Waals surface area contributed by atoms with E-state index in [-0.39, 0.29) is 5.91 Å². The van der Waals surface area contributed by atoms with Gasteiger partial charge < -0.3 is 16.0 Å². The van der Waals surface area contributed by atoms with Crippen molar-refractivity contribution in [3.05, 3.63) is 50.7 Å². The molecule has 0 fully saturated rings. The molecule has 0 saturated heterocycles. The van der Waals surface area contributed by atoms with Crippen LogP contribution in [0.25, 0.3) is 0 Å². The number of nitrogens with one attached hydrogen (secondary N) is 3. The average molecular weight is 393 g/mol. The smallest absolute Gasteiger partial charge is 0.226 e. The Hall–Kier alpha value is -2.05. The maximum Gasteiger partial charge on any atom is 0.226 e. The molecule has 1 heterocycles. The van der Waals surface area contributed by atoms with Crippen molar-refractivity contribution in [1.29, 1.82) is 0 Å². The van der Waals surface area contributed by atoms with E-state index in [4.69, 9.17) is 11.6 Å². The maximum absolute atomic E-state index is 12.1. The summed E-state index contributed by atoms with van der Waals surface area (Å²) in [7, 11) is 1.72. The fourth-order valence-corrected chi connectivity index (χ4v) is 3.42. The molecule has 1 amide bonds. The van der Waals surface area contributed by atoms with E-state index < -0.39 is 0 Å². The summed E-state index contributed by atoms with van der Waals surface area (Å²) in [5, 5.41) is 9.95. The molecule has 0 radical (unpaired) electrons. The van der Waals surface area contributed by atoms with E-state index in [9.17, 15) is 4.79 Å². The number of thiophene rings is 1. The summed E-state index contributed by atoms with van der Waals surface area (Å²) >= 11 is 7.87. The van der Waals surface area contributed by atoms with E-state index in [1.165, 1.54) is 9.75 Å². The quantitative estimate of drug-likeness (QED) is 0.493. The highest BCUT2D eigenvalue weighted by atomic mass is 35.5. The van der Waals surface area contributed by atoms with Crippen molar-refractivity contribution in [2.45, 2.75) is 33.2 Å². The first-order valence-corrected chi connectivity index (χ1v) is 9.80. The van der Waals surface area contributed by atoms with Crippen LogP contribution in [0.3, 0.4) is 0 Å². The number of guanidine groups is 1. The molecule has 7 heteroatoms. The summed E-state index contributed by atoms with van der Waals surface area (Å²) < 4.78 is 0. The maximum atomic E-state index is 12.1. The van der Waals surface area contributed by atoms with Crippen molar-refractivity contribution in [2.75, 3.05) is 18.9 Å². The Labute approximate surface area is 163 Å². The fourth-order valence-electron chi connectivity index (χ4n) is 2.35. The van der Waals surface area contributed by atoms with Crippen molar-refractivity contribution in [3.8, 4) is 0 Å². The number of benzene rings is 1. The second kappa shape index (κ2) is 10.2. The van der Waals surface area contributed by atoms with Crippen LogP contribution in [0.15, 0.2) is 35.3 Å². The number of aliphatic imine (C=N–C) groups is 1. The van der Waals surface area contributed by atoms with Crippen molar-refractivity contribution in [3.63, 3.8) is 0 Å². The van der Waals surface area contributed by atoms with E-state index in [1.807, 2.05) is 19.1 Å². The largest absolute Gasteiger partial charge is 0.356 e. The first kappa shape index (κ1) is 20.3. The highest BCUT2D eigenvalue weighted by Gasteiger charge is 2.07. The molecule has 0 unspecified atom stereocenters. The Morgan fingerprint density at radius 1 is 1.19 bits per heavy atom. The molecule has 0 aliphatic carbocycles. The first-order valence-electron chi connectivity index (χ1n) is 8.60. The van der Waals surface area contributed by atoms with E-state index >= 15 is 0 Å². The summed E-state index contributed by atoms with van der Waals surface area (Å²) in [6.07, 6.45) is 1.39. The molecule has 0 atom stereocenters. The van der Waals surface area contributed by atoms with Gasteiger partial charge in [-0.25, -0.2) is 0 Å². The monoisotopic (exact) mass is 392 g/mol. The number of anilines is 1. The summed E-state index contributed by atoms with van der Waals surface area (Å²) in [5.41, 5.74) is 1.62. The molecular weight excluding hydrogens is 368 g/mol. The number of halogens is 1. The Kier molecular flexibility index (Phi) is 7.94. The number of amides is 1. The number of carbonyl (C=O) groups excluding carboxylic acids is 1. The molecule has 5 nitrogen and oxygen atoms in total. The summed E-state index contributed by atoms with van der Waals surface area (Å²) in [6.45, 7) is 5.25. The van der Waals surface area contributed by atoms with Crippen molar-refractivity contribution >= 4 is 40.5 Å². The zero-order chi connectivity index (χ0) is 18.9. The van der Waals surface area contributed by atoms with Crippen molar-refractivity contribution < 1.29 is 4.79 Å². The molecule has 1 aromatic heterocycles. The van der Waals surface area contributed by atoms with Crippen LogP contribution in [-0.2, 0) is 17.8 Å². The van der Waals surface area contributed by atoms with Gasteiger partial charge in [0.15, 0.2) is 5.96 Å². The SMILES string of the molecule is CCc1ccc(CNC(=NC)NCCC(=O)Nc2cccc(Cl)c2C)s1. The molecule has 0 bridgehead atoms. The second-order valence-corrected chi connectivity index (χ2v) is 7.44. The van der Waals surface area contributed by atoms with Crippen LogP contribution in [0.2, 0.25) is 5.02 Å². The molecular formula is C19H25ClN4OS. The minimum atomic E-state index is -0.0656. The van der Waals surface area contributed by atoms with Crippen molar-refractivity contribution in [2.24, 2.45) is 4.99 Å². The van der Waals surface area contributed by atoms with Crippen LogP contribution in [0.1, 0.15) is 28.7 Å². The third kappa shape index (κ3) is 6.04. The van der Waals surface area contributed by atoms with Gasteiger partial charge in [-0.1, -0.05) is 24.6 Å². The lowest BCUT2D eigenvalue weighted by molar-refractivity contribution is -0.116. The normalized spacial score (nSPS) is 11.3. The van der Waals surface area contributed by atoms with Gasteiger partial charge >= 0.3 is 0 Å². The van der Waals surface area contributed by atoms with E-state index in [0.717, 1.165) is 24.2 Å². The molecule has 3 N–H and O–H groups in total. The van der Waals surface area contributed by atoms with E-state index in [1.54, 1.807) is 24.5 Å². The van der Waals surface area contributed by atoms with Crippen LogP contribution in [-0.4, -0.2) is 25.5 Å². The Balaban J connectivity index is 1.74. The fraction of sp³-hybridized carbons (Fsp3) is 0.368. The average Bonchev–Trinajstić information content (AvgIpc) is 3.10. The number of hydrogen-bond acceptors (Lipinski definition) is 3. The predicted octanol–water partition coefficient (Wildman–Crippen LogP) is 3.97. The third-order valence-corrected chi connectivity index (χ3v) is 5.54. The van der Waals surface area contributed by atoms with Gasteiger partial charge in [-0.15, -0.1) is 11.3 Å². The molecule has 0 aliphatic rings. The van der Waals surface area contributed by atoms with Crippen molar-refractivity contribution in [1.82, 2.24) is 10.6 Å². The van der Waals surface area contributed by atoms with Gasteiger partial charge in [-0.2, -0.15) is 0 Å². The second-order valence-electron chi connectivity index (χ2n) is 5.78. The topological polar surface area (TPSA) is 65.5 Å². The summed E-state index contributed by atoms with van der Waals surface area (Å²) in [6, 6.07) is 9.76. The lowest BCUT2D eigenvalue weighted by Crippen LogP contribution is -2.38. The molecule has 140 valence electrons. The molecule has 2 aromatic rings. The van der Waals surface area contributed by atoms with Gasteiger partial charge in [0.1, 0.15) is 0 Å². The molecule has 1 aromatic carbocycles. The third-order valence-electron chi connectivity index (χ3n) is 3.91. The van der Waals surface area contributed by atoms with Gasteiger partial charge in [0, 0.05) is 40.5 Å². The van der Waals surface area contributed by atoms with Crippen LogP contribution >= 0.6 is 22.9 Å². The van der Waals surface area contributed by atoms with Crippen LogP contribution in [0.4, 0.5) is 5.69 Å². The molecule has 26 heavy (non-hydrogen) atoms. The lowest BCUT2D eigenvalue weighted by atomic mass is 10.2. The zero-order valence-electron chi connectivity index (χ0n) is 15.4. The Morgan fingerprint density at radius 2 is 1.96 bits per heavy atom. The van der Waals surface area contributed by atoms with Gasteiger partial charge in [0.25, 0.3) is 0 Å². The number of rotatable bonds is 7. The van der Waals surface area contributed by atoms with Crippen LogP contribution < -0.4 is 16.0 Å². The number of carbonyl (C=O) groups is 1. The van der Waals surface area contributed by atoms with Gasteiger partial charge in [0.2, 0.25) is 5.91 Å². The number of hydrogen-bond donors (Lipinski definition) is 3. The standard InChI is InChI=1S/C19H25ClN4OS/c1-4-14-8-9-15(26-14)12-23-19(21-3)22-11-10-18(25)24-17-7-5-6-16(20)13(17)2/h5-9H,4,10-12H2,1-3H3,(H,24,25)(H2,21,22,23). The minimum absolute atomic E-state index is 0.0656. The lowest BCUT2D eigenvalue weighted by Gasteiger charge is -2.12. The Bertz CT molecular complexity index is 773. The highest BCUT2D eigenvalue weighted by molar-refractivity contribution is 7.11. The number of aryl methyl sites for hydroxylation is 1. The molecule has 2 rings (SSSR count). The zero-order valence-corrected chi connectivity index (χ0v) is 16.9. The molecule has 0 aliphatic heterocycles. The number of nitrogens with zero attached hydrogens (tertiary/aromatic N) is 1.